The van der Waals surface area contributed by atoms with E-state index in [2.05, 4.69) is 21.2 Å². The number of hydrogen-bond acceptors (Lipinski definition) is 6. The molecule has 0 bridgehead atoms. The SMILES string of the molecule is CCOC(=O)c1c(NC(=O)CCc2cc(OC)c(OC)cc2Br)sc2c1CCCC2. The molecule has 1 amide bonds. The molecular formula is C22H26BrNO5S. The van der Waals surface area contributed by atoms with Crippen LogP contribution in [0.15, 0.2) is 16.6 Å². The zero-order valence-corrected chi connectivity index (χ0v) is 19.8. The van der Waals surface area contributed by atoms with Gasteiger partial charge in [0.05, 0.1) is 26.4 Å². The highest BCUT2D eigenvalue weighted by Crippen LogP contribution is 2.39. The molecular weight excluding hydrogens is 470 g/mol. The smallest absolute Gasteiger partial charge is 0.341 e. The fourth-order valence-electron chi connectivity index (χ4n) is 3.60. The molecule has 0 aliphatic heterocycles. The van der Waals surface area contributed by atoms with Crippen molar-refractivity contribution in [3.63, 3.8) is 0 Å². The summed E-state index contributed by atoms with van der Waals surface area (Å²) in [6.07, 6.45) is 4.76. The van der Waals surface area contributed by atoms with Gasteiger partial charge >= 0.3 is 5.97 Å². The lowest BCUT2D eigenvalue weighted by molar-refractivity contribution is -0.116. The van der Waals surface area contributed by atoms with Crippen LogP contribution in [0.1, 0.15) is 52.5 Å². The Morgan fingerprint density at radius 2 is 1.83 bits per heavy atom. The predicted molar refractivity (Wildman–Crippen MR) is 121 cm³/mol. The van der Waals surface area contributed by atoms with Gasteiger partial charge in [0.1, 0.15) is 5.00 Å². The number of esters is 1. The van der Waals surface area contributed by atoms with Gasteiger partial charge in [-0.3, -0.25) is 4.79 Å². The van der Waals surface area contributed by atoms with E-state index < -0.39 is 0 Å². The van der Waals surface area contributed by atoms with Crippen LogP contribution in [-0.2, 0) is 28.8 Å². The summed E-state index contributed by atoms with van der Waals surface area (Å²) in [6.45, 7) is 2.10. The molecule has 1 aromatic carbocycles. The number of fused-ring (bicyclic) bond motifs is 1. The fraction of sp³-hybridized carbons (Fsp3) is 0.455. The van der Waals surface area contributed by atoms with Crippen LogP contribution in [0.3, 0.4) is 0 Å². The lowest BCUT2D eigenvalue weighted by Crippen LogP contribution is -2.16. The Balaban J connectivity index is 1.74. The van der Waals surface area contributed by atoms with Crippen molar-refractivity contribution in [3.8, 4) is 11.5 Å². The van der Waals surface area contributed by atoms with Crippen LogP contribution in [0.5, 0.6) is 11.5 Å². The zero-order valence-electron chi connectivity index (χ0n) is 17.4. The summed E-state index contributed by atoms with van der Waals surface area (Å²) in [6, 6.07) is 3.70. The molecule has 1 aliphatic carbocycles. The lowest BCUT2D eigenvalue weighted by Gasteiger charge is -2.13. The van der Waals surface area contributed by atoms with Crippen LogP contribution in [0.25, 0.3) is 0 Å². The Kier molecular flexibility index (Phi) is 7.77. The Hall–Kier alpha value is -2.06. The number of ether oxygens (including phenoxy) is 3. The summed E-state index contributed by atoms with van der Waals surface area (Å²) in [4.78, 5) is 26.4. The average molecular weight is 496 g/mol. The molecule has 1 aliphatic rings. The van der Waals surface area contributed by atoms with Crippen molar-refractivity contribution in [1.29, 1.82) is 0 Å². The molecule has 2 aromatic rings. The second-order valence-electron chi connectivity index (χ2n) is 6.98. The molecule has 6 nitrogen and oxygen atoms in total. The Bertz CT molecular complexity index is 940. The van der Waals surface area contributed by atoms with Crippen LogP contribution in [0.4, 0.5) is 5.00 Å². The number of nitrogens with one attached hydrogen (secondary N) is 1. The zero-order chi connectivity index (χ0) is 21.7. The summed E-state index contributed by atoms with van der Waals surface area (Å²) < 4.78 is 16.7. The first kappa shape index (κ1) is 22.6. The van der Waals surface area contributed by atoms with Crippen molar-refractivity contribution < 1.29 is 23.8 Å². The number of amides is 1. The minimum atomic E-state index is -0.352. The van der Waals surface area contributed by atoms with Crippen LogP contribution >= 0.6 is 27.3 Å². The van der Waals surface area contributed by atoms with Crippen LogP contribution in [0.2, 0.25) is 0 Å². The van der Waals surface area contributed by atoms with Crippen LogP contribution < -0.4 is 14.8 Å². The van der Waals surface area contributed by atoms with E-state index in [4.69, 9.17) is 14.2 Å². The van der Waals surface area contributed by atoms with Crippen molar-refractivity contribution >= 4 is 44.1 Å². The number of rotatable bonds is 8. The molecule has 3 rings (SSSR count). The van der Waals surface area contributed by atoms with Crippen molar-refractivity contribution in [2.75, 3.05) is 26.1 Å². The van der Waals surface area contributed by atoms with E-state index in [1.165, 1.54) is 16.2 Å². The summed E-state index contributed by atoms with van der Waals surface area (Å²) >= 11 is 5.03. The molecule has 0 fully saturated rings. The van der Waals surface area contributed by atoms with Crippen molar-refractivity contribution in [3.05, 3.63) is 38.2 Å². The first-order valence-electron chi connectivity index (χ1n) is 10.00. The van der Waals surface area contributed by atoms with E-state index >= 15 is 0 Å². The number of halogens is 1. The molecule has 0 unspecified atom stereocenters. The summed E-state index contributed by atoms with van der Waals surface area (Å²) in [5, 5.41) is 3.56. The van der Waals surface area contributed by atoms with E-state index in [-0.39, 0.29) is 18.3 Å². The maximum atomic E-state index is 12.7. The van der Waals surface area contributed by atoms with Gasteiger partial charge in [-0.1, -0.05) is 15.9 Å². The van der Waals surface area contributed by atoms with Gasteiger partial charge in [0.15, 0.2) is 11.5 Å². The Labute approximate surface area is 189 Å². The van der Waals surface area contributed by atoms with E-state index in [0.29, 0.717) is 35.1 Å². The molecule has 0 spiro atoms. The first-order valence-corrected chi connectivity index (χ1v) is 11.6. The molecule has 162 valence electrons. The van der Waals surface area contributed by atoms with Gasteiger partial charge in [-0.2, -0.15) is 0 Å². The third-order valence-corrected chi connectivity index (χ3v) is 7.02. The van der Waals surface area contributed by atoms with Gasteiger partial charge in [0.25, 0.3) is 0 Å². The van der Waals surface area contributed by atoms with Crippen LogP contribution in [-0.4, -0.2) is 32.7 Å². The number of methoxy groups -OCH3 is 2. The molecule has 0 saturated carbocycles. The summed E-state index contributed by atoms with van der Waals surface area (Å²) in [5.74, 6) is 0.753. The molecule has 0 atom stereocenters. The number of benzene rings is 1. The highest BCUT2D eigenvalue weighted by Gasteiger charge is 2.27. The number of carbonyl (C=O) groups excluding carboxylic acids is 2. The lowest BCUT2D eigenvalue weighted by atomic mass is 9.95. The predicted octanol–water partition coefficient (Wildman–Crippen LogP) is 5.15. The van der Waals surface area contributed by atoms with Gasteiger partial charge in [-0.15, -0.1) is 11.3 Å². The summed E-state index contributed by atoms with van der Waals surface area (Å²) in [7, 11) is 3.16. The first-order chi connectivity index (χ1) is 14.5. The maximum absolute atomic E-state index is 12.7. The van der Waals surface area contributed by atoms with E-state index in [9.17, 15) is 9.59 Å². The van der Waals surface area contributed by atoms with Gasteiger partial charge in [-0.05, 0) is 62.3 Å². The number of anilines is 1. The molecule has 0 saturated heterocycles. The summed E-state index contributed by atoms with van der Waals surface area (Å²) in [5.41, 5.74) is 2.53. The molecule has 8 heteroatoms. The van der Waals surface area contributed by atoms with Gasteiger partial charge in [0.2, 0.25) is 5.91 Å². The highest BCUT2D eigenvalue weighted by atomic mass is 79.9. The molecule has 30 heavy (non-hydrogen) atoms. The number of carbonyl (C=O) groups is 2. The second-order valence-corrected chi connectivity index (χ2v) is 8.94. The maximum Gasteiger partial charge on any atom is 0.341 e. The largest absolute Gasteiger partial charge is 0.493 e. The number of thiophene rings is 1. The van der Waals surface area contributed by atoms with Crippen LogP contribution in [0, 0.1) is 0 Å². The monoisotopic (exact) mass is 495 g/mol. The third kappa shape index (κ3) is 4.98. The van der Waals surface area contributed by atoms with Crippen molar-refractivity contribution in [1.82, 2.24) is 0 Å². The standard InChI is InChI=1S/C22H26BrNO5S/c1-4-29-22(26)20-14-7-5-6-8-18(14)30-21(20)24-19(25)10-9-13-11-16(27-2)17(28-3)12-15(13)23/h11-12H,4-10H2,1-3H3,(H,24,25). The topological polar surface area (TPSA) is 73.9 Å². The number of hydrogen-bond donors (Lipinski definition) is 1. The van der Waals surface area contributed by atoms with Gasteiger partial charge < -0.3 is 19.5 Å². The Morgan fingerprint density at radius 3 is 2.53 bits per heavy atom. The normalized spacial score (nSPS) is 12.8. The van der Waals surface area contributed by atoms with Gasteiger partial charge in [0, 0.05) is 15.8 Å². The van der Waals surface area contributed by atoms with E-state index in [1.54, 1.807) is 21.1 Å². The number of aryl methyl sites for hydroxylation is 2. The van der Waals surface area contributed by atoms with Crippen molar-refractivity contribution in [2.24, 2.45) is 0 Å². The fourth-order valence-corrected chi connectivity index (χ4v) is 5.41. The quantitative estimate of drug-likeness (QED) is 0.512. The van der Waals surface area contributed by atoms with E-state index in [0.717, 1.165) is 41.3 Å². The molecule has 1 aromatic heterocycles. The van der Waals surface area contributed by atoms with Gasteiger partial charge in [-0.25, -0.2) is 4.79 Å². The minimum absolute atomic E-state index is 0.138. The molecule has 1 heterocycles. The molecule has 1 N–H and O–H groups in total. The third-order valence-electron chi connectivity index (χ3n) is 5.08. The highest BCUT2D eigenvalue weighted by molar-refractivity contribution is 9.10. The average Bonchev–Trinajstić information content (AvgIpc) is 3.10. The molecule has 0 radical (unpaired) electrons. The minimum Gasteiger partial charge on any atom is -0.493 e. The Morgan fingerprint density at radius 1 is 1.13 bits per heavy atom. The second kappa shape index (κ2) is 10.3. The van der Waals surface area contributed by atoms with E-state index in [1.807, 2.05) is 12.1 Å². The van der Waals surface area contributed by atoms with Crippen molar-refractivity contribution in [2.45, 2.75) is 45.4 Å².